The van der Waals surface area contributed by atoms with Gasteiger partial charge in [0.05, 0.1) is 26.0 Å². The Morgan fingerprint density at radius 2 is 2.05 bits per heavy atom. The predicted octanol–water partition coefficient (Wildman–Crippen LogP) is 1.65. The van der Waals surface area contributed by atoms with E-state index >= 15 is 0 Å². The molecule has 0 aliphatic rings. The number of nitrogens with zero attached hydrogens (tertiary/aromatic N) is 2. The van der Waals surface area contributed by atoms with Crippen molar-refractivity contribution in [3.05, 3.63) is 47.8 Å². The van der Waals surface area contributed by atoms with Crippen LogP contribution in [0.25, 0.3) is 0 Å². The minimum Gasteiger partial charge on any atom is -0.497 e. The third-order valence-corrected chi connectivity index (χ3v) is 2.92. The summed E-state index contributed by atoms with van der Waals surface area (Å²) in [6.07, 6.45) is 3.58. The van der Waals surface area contributed by atoms with Crippen molar-refractivity contribution in [2.45, 2.75) is 12.7 Å². The van der Waals surface area contributed by atoms with Crippen molar-refractivity contribution in [2.75, 3.05) is 13.7 Å². The largest absolute Gasteiger partial charge is 0.497 e. The number of ether oxygens (including phenoxy) is 2. The first kappa shape index (κ1) is 13.6. The maximum absolute atomic E-state index is 5.83. The average molecular weight is 261 g/mol. The molecule has 2 aromatic rings. The quantitative estimate of drug-likeness (QED) is 0.858. The van der Waals surface area contributed by atoms with Gasteiger partial charge in [-0.05, 0) is 17.7 Å². The van der Waals surface area contributed by atoms with Crippen LogP contribution in [-0.2, 0) is 18.4 Å². The molecule has 102 valence electrons. The summed E-state index contributed by atoms with van der Waals surface area (Å²) >= 11 is 0. The van der Waals surface area contributed by atoms with Gasteiger partial charge in [-0.25, -0.2) is 0 Å². The standard InChI is InChI=1S/C14H19N3O2/c1-17-9-12(8-16-17)14(7-15)19-10-11-3-5-13(18-2)6-4-11/h3-6,8-9,14H,7,10,15H2,1-2H3. The Balaban J connectivity index is 1.95. The van der Waals surface area contributed by atoms with E-state index in [2.05, 4.69) is 5.10 Å². The number of benzene rings is 1. The highest BCUT2D eigenvalue weighted by Gasteiger charge is 2.12. The maximum atomic E-state index is 5.83. The summed E-state index contributed by atoms with van der Waals surface area (Å²) in [5.74, 6) is 0.839. The van der Waals surface area contributed by atoms with Crippen molar-refractivity contribution in [3.63, 3.8) is 0 Å². The van der Waals surface area contributed by atoms with Crippen molar-refractivity contribution in [1.82, 2.24) is 9.78 Å². The van der Waals surface area contributed by atoms with Gasteiger partial charge in [0.15, 0.2) is 0 Å². The van der Waals surface area contributed by atoms with E-state index in [0.29, 0.717) is 13.2 Å². The molecule has 1 atom stereocenters. The van der Waals surface area contributed by atoms with Crippen LogP contribution in [0.15, 0.2) is 36.7 Å². The monoisotopic (exact) mass is 261 g/mol. The second-order valence-electron chi connectivity index (χ2n) is 4.33. The summed E-state index contributed by atoms with van der Waals surface area (Å²) in [5.41, 5.74) is 7.83. The van der Waals surface area contributed by atoms with Crippen molar-refractivity contribution in [1.29, 1.82) is 0 Å². The molecule has 1 aromatic carbocycles. The minimum absolute atomic E-state index is 0.129. The Hall–Kier alpha value is -1.85. The molecule has 1 heterocycles. The summed E-state index contributed by atoms with van der Waals surface area (Å²) in [4.78, 5) is 0. The number of hydrogen-bond acceptors (Lipinski definition) is 4. The molecule has 0 aliphatic heterocycles. The van der Waals surface area contributed by atoms with Gasteiger partial charge < -0.3 is 15.2 Å². The van der Waals surface area contributed by atoms with E-state index in [1.54, 1.807) is 18.0 Å². The van der Waals surface area contributed by atoms with E-state index in [9.17, 15) is 0 Å². The minimum atomic E-state index is -0.129. The Morgan fingerprint density at radius 3 is 2.58 bits per heavy atom. The van der Waals surface area contributed by atoms with E-state index in [1.165, 1.54) is 0 Å². The first-order chi connectivity index (χ1) is 9.22. The van der Waals surface area contributed by atoms with Crippen molar-refractivity contribution in [2.24, 2.45) is 12.8 Å². The summed E-state index contributed by atoms with van der Waals surface area (Å²) in [6.45, 7) is 0.947. The topological polar surface area (TPSA) is 62.3 Å². The summed E-state index contributed by atoms with van der Waals surface area (Å²) < 4.78 is 12.7. The third-order valence-electron chi connectivity index (χ3n) is 2.92. The fraction of sp³-hybridized carbons (Fsp3) is 0.357. The number of aromatic nitrogens is 2. The van der Waals surface area contributed by atoms with Gasteiger partial charge in [0.1, 0.15) is 5.75 Å². The van der Waals surface area contributed by atoms with Gasteiger partial charge in [0.2, 0.25) is 0 Å². The van der Waals surface area contributed by atoms with Crippen LogP contribution in [0.4, 0.5) is 0 Å². The first-order valence-electron chi connectivity index (χ1n) is 6.16. The molecule has 2 rings (SSSR count). The zero-order chi connectivity index (χ0) is 13.7. The molecular weight excluding hydrogens is 242 g/mol. The van der Waals surface area contributed by atoms with Crippen LogP contribution in [0.1, 0.15) is 17.2 Å². The summed E-state index contributed by atoms with van der Waals surface area (Å²) in [5, 5.41) is 4.13. The van der Waals surface area contributed by atoms with E-state index in [4.69, 9.17) is 15.2 Å². The molecule has 0 spiro atoms. The lowest BCUT2D eigenvalue weighted by Crippen LogP contribution is -2.15. The number of hydrogen-bond donors (Lipinski definition) is 1. The average Bonchev–Trinajstić information content (AvgIpc) is 2.87. The Bertz CT molecular complexity index is 508. The molecule has 5 nitrogen and oxygen atoms in total. The van der Waals surface area contributed by atoms with Crippen LogP contribution < -0.4 is 10.5 Å². The van der Waals surface area contributed by atoms with E-state index in [1.807, 2.05) is 37.5 Å². The molecule has 1 unspecified atom stereocenters. The molecule has 1 aromatic heterocycles. The van der Waals surface area contributed by atoms with Crippen LogP contribution in [0.2, 0.25) is 0 Å². The van der Waals surface area contributed by atoms with E-state index in [0.717, 1.165) is 16.9 Å². The van der Waals surface area contributed by atoms with Gasteiger partial charge in [-0.15, -0.1) is 0 Å². The summed E-state index contributed by atoms with van der Waals surface area (Å²) in [7, 11) is 3.53. The van der Waals surface area contributed by atoms with Gasteiger partial charge in [-0.3, -0.25) is 4.68 Å². The van der Waals surface area contributed by atoms with Gasteiger partial charge in [0, 0.05) is 25.4 Å². The zero-order valence-corrected chi connectivity index (χ0v) is 11.2. The molecular formula is C14H19N3O2. The normalized spacial score (nSPS) is 12.4. The molecule has 0 bridgehead atoms. The highest BCUT2D eigenvalue weighted by molar-refractivity contribution is 5.26. The summed E-state index contributed by atoms with van der Waals surface area (Å²) in [6, 6.07) is 7.80. The lowest BCUT2D eigenvalue weighted by Gasteiger charge is -2.14. The van der Waals surface area contributed by atoms with E-state index < -0.39 is 0 Å². The van der Waals surface area contributed by atoms with Gasteiger partial charge in [-0.2, -0.15) is 5.10 Å². The first-order valence-corrected chi connectivity index (χ1v) is 6.16. The second kappa shape index (κ2) is 6.36. The highest BCUT2D eigenvalue weighted by Crippen LogP contribution is 2.18. The molecule has 5 heteroatoms. The number of aryl methyl sites for hydroxylation is 1. The molecule has 0 saturated carbocycles. The van der Waals surface area contributed by atoms with Crippen LogP contribution in [-0.4, -0.2) is 23.4 Å². The number of methoxy groups -OCH3 is 1. The Kier molecular flexibility index (Phi) is 4.54. The molecule has 0 fully saturated rings. The third kappa shape index (κ3) is 3.56. The molecule has 0 saturated heterocycles. The molecule has 2 N–H and O–H groups in total. The lowest BCUT2D eigenvalue weighted by molar-refractivity contribution is 0.0456. The van der Waals surface area contributed by atoms with Crippen molar-refractivity contribution < 1.29 is 9.47 Å². The SMILES string of the molecule is COc1ccc(COC(CN)c2cnn(C)c2)cc1. The van der Waals surface area contributed by atoms with Gasteiger partial charge in [0.25, 0.3) is 0 Å². The van der Waals surface area contributed by atoms with Crippen LogP contribution >= 0.6 is 0 Å². The van der Waals surface area contributed by atoms with Gasteiger partial charge in [-0.1, -0.05) is 12.1 Å². The van der Waals surface area contributed by atoms with Crippen LogP contribution in [0.5, 0.6) is 5.75 Å². The van der Waals surface area contributed by atoms with Crippen LogP contribution in [0.3, 0.4) is 0 Å². The molecule has 0 radical (unpaired) electrons. The second-order valence-corrected chi connectivity index (χ2v) is 4.33. The van der Waals surface area contributed by atoms with Crippen LogP contribution in [0, 0.1) is 0 Å². The fourth-order valence-corrected chi connectivity index (χ4v) is 1.83. The van der Waals surface area contributed by atoms with Crippen molar-refractivity contribution >= 4 is 0 Å². The fourth-order valence-electron chi connectivity index (χ4n) is 1.83. The number of rotatable bonds is 6. The Morgan fingerprint density at radius 1 is 1.32 bits per heavy atom. The Labute approximate surface area is 112 Å². The zero-order valence-electron chi connectivity index (χ0n) is 11.2. The molecule has 19 heavy (non-hydrogen) atoms. The highest BCUT2D eigenvalue weighted by atomic mass is 16.5. The maximum Gasteiger partial charge on any atom is 0.118 e. The lowest BCUT2D eigenvalue weighted by atomic mass is 10.2. The predicted molar refractivity (Wildman–Crippen MR) is 72.8 cm³/mol. The number of nitrogens with two attached hydrogens (primary N) is 1. The van der Waals surface area contributed by atoms with E-state index in [-0.39, 0.29) is 6.10 Å². The molecule has 0 amide bonds. The smallest absolute Gasteiger partial charge is 0.118 e. The van der Waals surface area contributed by atoms with Gasteiger partial charge >= 0.3 is 0 Å². The molecule has 0 aliphatic carbocycles. The van der Waals surface area contributed by atoms with Crippen molar-refractivity contribution in [3.8, 4) is 5.75 Å².